The van der Waals surface area contributed by atoms with Gasteiger partial charge in [-0.2, -0.15) is 0 Å². The third kappa shape index (κ3) is 3.40. The molecule has 0 bridgehead atoms. The Morgan fingerprint density at radius 3 is 2.85 bits per heavy atom. The van der Waals surface area contributed by atoms with Crippen molar-refractivity contribution in [2.75, 3.05) is 30.4 Å². The Hall–Kier alpha value is -3.23. The minimum atomic E-state index is -0.0503. The van der Waals surface area contributed by atoms with Gasteiger partial charge in [-0.1, -0.05) is 0 Å². The fourth-order valence-electron chi connectivity index (χ4n) is 3.36. The molecule has 0 atom stereocenters. The van der Waals surface area contributed by atoms with Gasteiger partial charge in [-0.15, -0.1) is 0 Å². The molecule has 0 aromatic carbocycles. The minimum Gasteiger partial charge on any atom is -0.481 e. The number of pyridine rings is 1. The van der Waals surface area contributed by atoms with Crippen molar-refractivity contribution in [1.82, 2.24) is 24.5 Å². The molecule has 1 aliphatic heterocycles. The summed E-state index contributed by atoms with van der Waals surface area (Å²) >= 11 is 0. The van der Waals surface area contributed by atoms with E-state index in [9.17, 15) is 4.79 Å². The lowest BCUT2D eigenvalue weighted by atomic mass is 10.1. The summed E-state index contributed by atoms with van der Waals surface area (Å²) in [6, 6.07) is 3.79. The molecule has 0 saturated carbocycles. The Morgan fingerprint density at radius 2 is 2.07 bits per heavy atom. The molecule has 0 aliphatic carbocycles. The maximum Gasteiger partial charge on any atom is 0.262 e. The fraction of sp³-hybridized carbons (Fsp3) is 0.389. The van der Waals surface area contributed by atoms with E-state index in [2.05, 4.69) is 30.2 Å². The second-order valence-corrected chi connectivity index (χ2v) is 6.52. The molecule has 27 heavy (non-hydrogen) atoms. The van der Waals surface area contributed by atoms with Crippen LogP contribution in [0.2, 0.25) is 0 Å². The normalized spacial score (nSPS) is 15.1. The summed E-state index contributed by atoms with van der Waals surface area (Å²) < 4.78 is 6.75. The Kier molecular flexibility index (Phi) is 4.57. The second kappa shape index (κ2) is 7.18. The van der Waals surface area contributed by atoms with Crippen molar-refractivity contribution >= 4 is 22.7 Å². The summed E-state index contributed by atoms with van der Waals surface area (Å²) in [5.41, 5.74) is 0.578. The monoisotopic (exact) mass is 367 g/mol. The van der Waals surface area contributed by atoms with E-state index < -0.39 is 0 Å². The average Bonchev–Trinajstić information content (AvgIpc) is 2.71. The maximum absolute atomic E-state index is 12.6. The first-order valence-electron chi connectivity index (χ1n) is 8.84. The molecule has 3 aromatic rings. The molecule has 1 fully saturated rings. The number of anilines is 2. The molecule has 3 aromatic heterocycles. The summed E-state index contributed by atoms with van der Waals surface area (Å²) in [6.07, 6.45) is 6.56. The molecule has 1 N–H and O–H groups in total. The van der Waals surface area contributed by atoms with Crippen molar-refractivity contribution < 1.29 is 4.74 Å². The molecule has 4 rings (SSSR count). The zero-order chi connectivity index (χ0) is 18.8. The number of hydrogen-bond acceptors (Lipinski definition) is 8. The van der Waals surface area contributed by atoms with E-state index in [1.165, 1.54) is 6.33 Å². The number of hydrogen-bond donors (Lipinski definition) is 1. The lowest BCUT2D eigenvalue weighted by Gasteiger charge is -2.34. The van der Waals surface area contributed by atoms with Crippen LogP contribution in [0.5, 0.6) is 5.88 Å². The minimum absolute atomic E-state index is 0.0503. The number of piperidine rings is 1. The van der Waals surface area contributed by atoms with Crippen molar-refractivity contribution in [2.24, 2.45) is 7.05 Å². The van der Waals surface area contributed by atoms with Crippen LogP contribution in [0.3, 0.4) is 0 Å². The van der Waals surface area contributed by atoms with Gasteiger partial charge in [0.25, 0.3) is 5.56 Å². The molecule has 1 aliphatic rings. The van der Waals surface area contributed by atoms with Gasteiger partial charge in [0, 0.05) is 38.4 Å². The third-order valence-corrected chi connectivity index (χ3v) is 4.84. The van der Waals surface area contributed by atoms with E-state index in [4.69, 9.17) is 4.74 Å². The smallest absolute Gasteiger partial charge is 0.262 e. The van der Waals surface area contributed by atoms with Crippen LogP contribution in [0.1, 0.15) is 12.8 Å². The number of nitrogens with one attached hydrogen (secondary N) is 1. The van der Waals surface area contributed by atoms with Crippen LogP contribution in [0, 0.1) is 0 Å². The van der Waals surface area contributed by atoms with Gasteiger partial charge in [-0.05, 0) is 18.9 Å². The average molecular weight is 367 g/mol. The van der Waals surface area contributed by atoms with Crippen LogP contribution in [0.15, 0.2) is 35.6 Å². The molecule has 0 amide bonds. The van der Waals surface area contributed by atoms with Crippen LogP contribution in [-0.2, 0) is 7.05 Å². The van der Waals surface area contributed by atoms with Gasteiger partial charge in [-0.25, -0.2) is 15.0 Å². The van der Waals surface area contributed by atoms with Gasteiger partial charge in [0.15, 0.2) is 0 Å². The molecule has 140 valence electrons. The first kappa shape index (κ1) is 17.2. The summed E-state index contributed by atoms with van der Waals surface area (Å²) in [4.78, 5) is 31.7. The first-order valence-corrected chi connectivity index (χ1v) is 8.84. The SMILES string of the molecule is COc1cc(NC2CCN(c3nc4cnccc4c(=O)n3C)CC2)ncn1. The van der Waals surface area contributed by atoms with Gasteiger partial charge in [0.2, 0.25) is 11.8 Å². The predicted octanol–water partition coefficient (Wildman–Crippen LogP) is 1.21. The number of methoxy groups -OCH3 is 1. The van der Waals surface area contributed by atoms with Crippen LogP contribution >= 0.6 is 0 Å². The molecule has 9 heteroatoms. The maximum atomic E-state index is 12.6. The summed E-state index contributed by atoms with van der Waals surface area (Å²) in [7, 11) is 3.35. The Bertz CT molecular complexity index is 1010. The summed E-state index contributed by atoms with van der Waals surface area (Å²) in [5, 5.41) is 4.01. The Morgan fingerprint density at radius 1 is 1.26 bits per heavy atom. The quantitative estimate of drug-likeness (QED) is 0.735. The van der Waals surface area contributed by atoms with Crippen molar-refractivity contribution in [3.05, 3.63) is 41.2 Å². The number of rotatable bonds is 4. The Balaban J connectivity index is 1.48. The molecule has 9 nitrogen and oxygen atoms in total. The van der Waals surface area contributed by atoms with E-state index in [0.717, 1.165) is 31.7 Å². The van der Waals surface area contributed by atoms with E-state index >= 15 is 0 Å². The molecule has 0 unspecified atom stereocenters. The molecule has 0 radical (unpaired) electrons. The van der Waals surface area contributed by atoms with Gasteiger partial charge in [0.05, 0.1) is 24.2 Å². The van der Waals surface area contributed by atoms with Crippen molar-refractivity contribution in [2.45, 2.75) is 18.9 Å². The van der Waals surface area contributed by atoms with Crippen molar-refractivity contribution in [3.8, 4) is 5.88 Å². The van der Waals surface area contributed by atoms with Gasteiger partial charge >= 0.3 is 0 Å². The third-order valence-electron chi connectivity index (χ3n) is 4.84. The van der Waals surface area contributed by atoms with Crippen LogP contribution in [0.4, 0.5) is 11.8 Å². The summed E-state index contributed by atoms with van der Waals surface area (Å²) in [6.45, 7) is 1.60. The molecular formula is C18H21N7O2. The number of fused-ring (bicyclic) bond motifs is 1. The molecule has 1 saturated heterocycles. The topological polar surface area (TPSA) is 98.1 Å². The standard InChI is InChI=1S/C18H21N7O2/c1-24-17(26)13-3-6-19-10-14(13)23-18(24)25-7-4-12(5-8-25)22-15-9-16(27-2)21-11-20-15/h3,6,9-12H,4-5,7-8H2,1-2H3,(H,20,21,22). The largest absolute Gasteiger partial charge is 0.481 e. The Labute approximate surface area is 156 Å². The number of nitrogens with zero attached hydrogens (tertiary/aromatic N) is 6. The zero-order valence-corrected chi connectivity index (χ0v) is 15.3. The second-order valence-electron chi connectivity index (χ2n) is 6.52. The van der Waals surface area contributed by atoms with E-state index in [-0.39, 0.29) is 5.56 Å². The van der Waals surface area contributed by atoms with Crippen LogP contribution < -0.4 is 20.5 Å². The molecule has 0 spiro atoms. The van der Waals surface area contributed by atoms with Gasteiger partial charge < -0.3 is 15.0 Å². The van der Waals surface area contributed by atoms with Crippen molar-refractivity contribution in [3.63, 3.8) is 0 Å². The number of aromatic nitrogens is 5. The van der Waals surface area contributed by atoms with Crippen LogP contribution in [0.25, 0.3) is 10.9 Å². The summed E-state index contributed by atoms with van der Waals surface area (Å²) in [5.74, 6) is 1.97. The highest BCUT2D eigenvalue weighted by Crippen LogP contribution is 2.21. The van der Waals surface area contributed by atoms with Crippen molar-refractivity contribution in [1.29, 1.82) is 0 Å². The van der Waals surface area contributed by atoms with Crippen LogP contribution in [-0.4, -0.2) is 50.7 Å². The van der Waals surface area contributed by atoms with E-state index in [1.54, 1.807) is 43.3 Å². The van der Waals surface area contributed by atoms with Gasteiger partial charge in [0.1, 0.15) is 12.1 Å². The van der Waals surface area contributed by atoms with E-state index in [0.29, 0.717) is 28.8 Å². The lowest BCUT2D eigenvalue weighted by Crippen LogP contribution is -2.42. The lowest BCUT2D eigenvalue weighted by molar-refractivity contribution is 0.397. The van der Waals surface area contributed by atoms with E-state index in [1.807, 2.05) is 0 Å². The fourth-order valence-corrected chi connectivity index (χ4v) is 3.36. The highest BCUT2D eigenvalue weighted by Gasteiger charge is 2.23. The molecule has 4 heterocycles. The highest BCUT2D eigenvalue weighted by atomic mass is 16.5. The zero-order valence-electron chi connectivity index (χ0n) is 15.3. The highest BCUT2D eigenvalue weighted by molar-refractivity contribution is 5.77. The first-order chi connectivity index (χ1) is 13.2. The van der Waals surface area contributed by atoms with Gasteiger partial charge in [-0.3, -0.25) is 14.3 Å². The molecular weight excluding hydrogens is 346 g/mol. The number of ether oxygens (including phenoxy) is 1. The predicted molar refractivity (Wildman–Crippen MR) is 102 cm³/mol.